The summed E-state index contributed by atoms with van der Waals surface area (Å²) in [7, 11) is 6.28. The number of likely N-dealkylation sites (N-methyl/N-ethyl adjacent to an activating group) is 1. The van der Waals surface area contributed by atoms with E-state index in [9.17, 15) is 4.79 Å². The van der Waals surface area contributed by atoms with Gasteiger partial charge in [-0.05, 0) is 12.8 Å². The van der Waals surface area contributed by atoms with Crippen molar-refractivity contribution in [1.82, 2.24) is 0 Å². The summed E-state index contributed by atoms with van der Waals surface area (Å²) in [5, 5.41) is 0. The lowest BCUT2D eigenvalue weighted by molar-refractivity contribution is -0.936. The molecule has 3 nitrogen and oxygen atoms in total. The molecule has 0 spiro atoms. The minimum atomic E-state index is -0.724. The lowest BCUT2D eigenvalue weighted by atomic mass is 9.99. The van der Waals surface area contributed by atoms with E-state index >= 15 is 0 Å². The molecule has 0 radical (unpaired) electrons. The standard InChI is InChI=1S/C31H64NO2.ClH/c1-7-9-11-13-15-17-18-19-21-23-25-27-29-34-31(3,32(4,5)6)30(33)28-26-24-22-20-16-14-12-10-8-2;/h7-29H2,1-6H3;1H/q+1;/p-1. The molecule has 0 heterocycles. The van der Waals surface area contributed by atoms with E-state index in [0.717, 1.165) is 12.8 Å². The third kappa shape index (κ3) is 19.6. The van der Waals surface area contributed by atoms with Crippen LogP contribution >= 0.6 is 0 Å². The number of Topliss-reactive ketones (excluding diaryl/α,β-unsaturated/α-hetero) is 1. The maximum Gasteiger partial charge on any atom is 0.260 e. The predicted molar refractivity (Wildman–Crippen MR) is 150 cm³/mol. The highest BCUT2D eigenvalue weighted by Gasteiger charge is 2.46. The molecule has 0 aromatic carbocycles. The first-order valence-electron chi connectivity index (χ1n) is 15.3. The van der Waals surface area contributed by atoms with Gasteiger partial charge in [0, 0.05) is 13.3 Å². The first-order valence-corrected chi connectivity index (χ1v) is 15.3. The van der Waals surface area contributed by atoms with Gasteiger partial charge in [-0.3, -0.25) is 9.28 Å². The fourth-order valence-electron chi connectivity index (χ4n) is 4.69. The summed E-state index contributed by atoms with van der Waals surface area (Å²) in [5.74, 6) is 0.280. The van der Waals surface area contributed by atoms with E-state index in [1.807, 2.05) is 6.92 Å². The normalized spacial score (nSPS) is 13.4. The number of carbonyl (C=O) groups is 1. The molecule has 0 amide bonds. The fraction of sp³-hybridized carbons (Fsp3) is 0.968. The molecule has 0 saturated carbocycles. The van der Waals surface area contributed by atoms with Crippen molar-refractivity contribution < 1.29 is 26.4 Å². The summed E-state index contributed by atoms with van der Waals surface area (Å²) < 4.78 is 6.85. The Hall–Kier alpha value is -0.120. The second kappa shape index (κ2) is 24.2. The van der Waals surface area contributed by atoms with Gasteiger partial charge >= 0.3 is 0 Å². The predicted octanol–water partition coefficient (Wildman–Crippen LogP) is 6.62. The summed E-state index contributed by atoms with van der Waals surface area (Å²) in [5.41, 5.74) is -0.724. The topological polar surface area (TPSA) is 26.3 Å². The quantitative estimate of drug-likeness (QED) is 0.0731. The first-order chi connectivity index (χ1) is 16.3. The summed E-state index contributed by atoms with van der Waals surface area (Å²) in [6.45, 7) is 7.27. The first kappa shape index (κ1) is 37.0. The van der Waals surface area contributed by atoms with Crippen molar-refractivity contribution in [3.8, 4) is 0 Å². The number of nitrogens with zero attached hydrogens (tertiary/aromatic N) is 1. The van der Waals surface area contributed by atoms with Crippen LogP contribution < -0.4 is 12.4 Å². The molecule has 0 aliphatic rings. The molecule has 0 aliphatic carbocycles. The van der Waals surface area contributed by atoms with Crippen molar-refractivity contribution in [3.05, 3.63) is 0 Å². The Morgan fingerprint density at radius 3 is 1.23 bits per heavy atom. The number of ether oxygens (including phenoxy) is 1. The molecule has 1 unspecified atom stereocenters. The van der Waals surface area contributed by atoms with E-state index in [2.05, 4.69) is 35.0 Å². The van der Waals surface area contributed by atoms with Gasteiger partial charge in [0.15, 0.2) is 0 Å². The van der Waals surface area contributed by atoms with Crippen LogP contribution in [0, 0.1) is 0 Å². The van der Waals surface area contributed by atoms with Crippen molar-refractivity contribution in [2.24, 2.45) is 0 Å². The Morgan fingerprint density at radius 1 is 0.571 bits per heavy atom. The number of ketones is 1. The zero-order valence-electron chi connectivity index (χ0n) is 24.9. The smallest absolute Gasteiger partial charge is 0.260 e. The number of hydrogen-bond donors (Lipinski definition) is 0. The molecular weight excluding hydrogens is 454 g/mol. The Balaban J connectivity index is 0. The summed E-state index contributed by atoms with van der Waals surface area (Å²) in [6.07, 6.45) is 28.3. The number of hydrogen-bond acceptors (Lipinski definition) is 2. The SMILES string of the molecule is CCCCCCCCCCCCCCOC(C)(C(=O)CCCCCCCCCCC)[N+](C)(C)C.[Cl-]. The number of carbonyl (C=O) groups excluding carboxylic acids is 1. The second-order valence-electron chi connectivity index (χ2n) is 11.7. The zero-order chi connectivity index (χ0) is 25.5. The molecule has 0 aromatic heterocycles. The van der Waals surface area contributed by atoms with Gasteiger partial charge in [-0.15, -0.1) is 0 Å². The van der Waals surface area contributed by atoms with Gasteiger partial charge in [-0.25, -0.2) is 0 Å². The van der Waals surface area contributed by atoms with E-state index in [0.29, 0.717) is 17.5 Å². The van der Waals surface area contributed by atoms with Crippen molar-refractivity contribution in [2.75, 3.05) is 27.7 Å². The Labute approximate surface area is 227 Å². The summed E-state index contributed by atoms with van der Waals surface area (Å²) in [4.78, 5) is 13.1. The molecule has 0 bridgehead atoms. The van der Waals surface area contributed by atoms with Crippen molar-refractivity contribution in [1.29, 1.82) is 0 Å². The molecule has 0 rings (SSSR count). The van der Waals surface area contributed by atoms with Gasteiger partial charge in [0.1, 0.15) is 0 Å². The maximum atomic E-state index is 13.1. The monoisotopic (exact) mass is 517 g/mol. The van der Waals surface area contributed by atoms with E-state index < -0.39 is 5.72 Å². The van der Waals surface area contributed by atoms with Crippen LogP contribution in [-0.4, -0.2) is 43.7 Å². The average Bonchev–Trinajstić information content (AvgIpc) is 2.79. The minimum Gasteiger partial charge on any atom is -1.00 e. The lowest BCUT2D eigenvalue weighted by Gasteiger charge is -2.41. The van der Waals surface area contributed by atoms with E-state index in [1.54, 1.807) is 0 Å². The molecule has 35 heavy (non-hydrogen) atoms. The zero-order valence-corrected chi connectivity index (χ0v) is 25.7. The minimum absolute atomic E-state index is 0. The number of rotatable bonds is 26. The molecule has 4 heteroatoms. The van der Waals surface area contributed by atoms with Gasteiger partial charge in [-0.2, -0.15) is 0 Å². The highest BCUT2D eigenvalue weighted by Crippen LogP contribution is 2.25. The van der Waals surface area contributed by atoms with Gasteiger partial charge in [0.25, 0.3) is 5.72 Å². The Kier molecular flexibility index (Phi) is 25.6. The number of halogens is 1. The average molecular weight is 518 g/mol. The van der Waals surface area contributed by atoms with Gasteiger partial charge < -0.3 is 17.1 Å². The second-order valence-corrected chi connectivity index (χ2v) is 11.7. The summed E-state index contributed by atoms with van der Waals surface area (Å²) in [6, 6.07) is 0. The van der Waals surface area contributed by atoms with Crippen molar-refractivity contribution in [2.45, 2.75) is 168 Å². The van der Waals surface area contributed by atoms with Crippen LogP contribution in [0.3, 0.4) is 0 Å². The molecule has 0 aromatic rings. The van der Waals surface area contributed by atoms with Crippen molar-refractivity contribution >= 4 is 5.78 Å². The van der Waals surface area contributed by atoms with Gasteiger partial charge in [-0.1, -0.05) is 136 Å². The van der Waals surface area contributed by atoms with Crippen LogP contribution in [0.15, 0.2) is 0 Å². The lowest BCUT2D eigenvalue weighted by Crippen LogP contribution is -3.00. The molecule has 0 fully saturated rings. The van der Waals surface area contributed by atoms with E-state index in [-0.39, 0.29) is 18.2 Å². The van der Waals surface area contributed by atoms with Crippen LogP contribution in [-0.2, 0) is 9.53 Å². The highest BCUT2D eigenvalue weighted by molar-refractivity contribution is 5.85. The largest absolute Gasteiger partial charge is 1.00 e. The highest BCUT2D eigenvalue weighted by atomic mass is 35.5. The van der Waals surface area contributed by atoms with Crippen LogP contribution in [0.25, 0.3) is 0 Å². The molecule has 0 N–H and O–H groups in total. The maximum absolute atomic E-state index is 13.1. The van der Waals surface area contributed by atoms with Crippen molar-refractivity contribution in [3.63, 3.8) is 0 Å². The van der Waals surface area contributed by atoms with Crippen LogP contribution in [0.2, 0.25) is 0 Å². The molecule has 212 valence electrons. The summed E-state index contributed by atoms with van der Waals surface area (Å²) >= 11 is 0. The molecule has 0 aliphatic heterocycles. The van der Waals surface area contributed by atoms with Gasteiger partial charge in [0.2, 0.25) is 5.78 Å². The molecule has 1 atom stereocenters. The fourth-order valence-corrected chi connectivity index (χ4v) is 4.69. The number of quaternary nitrogens is 1. The van der Waals surface area contributed by atoms with E-state index in [1.165, 1.54) is 122 Å². The van der Waals surface area contributed by atoms with Gasteiger partial charge in [0.05, 0.1) is 27.7 Å². The van der Waals surface area contributed by atoms with E-state index in [4.69, 9.17) is 4.74 Å². The van der Waals surface area contributed by atoms with Crippen LogP contribution in [0.4, 0.5) is 0 Å². The molecular formula is C31H64ClNO2. The van der Waals surface area contributed by atoms with Crippen LogP contribution in [0.1, 0.15) is 162 Å². The number of unbranched alkanes of at least 4 members (excludes halogenated alkanes) is 19. The Morgan fingerprint density at radius 2 is 0.886 bits per heavy atom. The third-order valence-electron chi connectivity index (χ3n) is 7.69. The molecule has 0 saturated heterocycles. The van der Waals surface area contributed by atoms with Crippen LogP contribution in [0.5, 0.6) is 0 Å². The Bertz CT molecular complexity index is 463. The third-order valence-corrected chi connectivity index (χ3v) is 7.69.